The van der Waals surface area contributed by atoms with Gasteiger partial charge in [-0.15, -0.1) is 0 Å². The van der Waals surface area contributed by atoms with Crippen molar-refractivity contribution in [2.45, 2.75) is 23.4 Å². The molecule has 0 bridgehead atoms. The van der Waals surface area contributed by atoms with Crippen LogP contribution in [0.1, 0.15) is 0 Å². The van der Waals surface area contributed by atoms with Crippen LogP contribution in [0.25, 0.3) is 0 Å². The summed E-state index contributed by atoms with van der Waals surface area (Å²) in [5.41, 5.74) is 0. The Morgan fingerprint density at radius 2 is 1.33 bits per heavy atom. The van der Waals surface area contributed by atoms with Crippen molar-refractivity contribution < 1.29 is 43.9 Å². The van der Waals surface area contributed by atoms with E-state index in [0.29, 0.717) is 0 Å². The van der Waals surface area contributed by atoms with Crippen molar-refractivity contribution >= 4 is 24.7 Å². The molecule has 1 fully saturated rings. The Morgan fingerprint density at radius 3 is 1.61 bits per heavy atom. The van der Waals surface area contributed by atoms with Gasteiger partial charge in [0.15, 0.2) is 17.1 Å². The molecule has 0 aromatic heterocycles. The fourth-order valence-electron chi connectivity index (χ4n) is 1.96. The van der Waals surface area contributed by atoms with Gasteiger partial charge in [-0.05, 0) is 6.04 Å². The van der Waals surface area contributed by atoms with Crippen LogP contribution in [0.5, 0.6) is 0 Å². The number of halogens is 9. The van der Waals surface area contributed by atoms with E-state index in [0.717, 1.165) is 0 Å². The van der Waals surface area contributed by atoms with Gasteiger partial charge in [-0.2, -0.15) is 39.5 Å². The lowest BCUT2D eigenvalue weighted by molar-refractivity contribution is -0.113. The minimum atomic E-state index is -6.40. The molecule has 1 saturated heterocycles. The van der Waals surface area contributed by atoms with Gasteiger partial charge < -0.3 is 4.43 Å². The summed E-state index contributed by atoms with van der Waals surface area (Å²) < 4.78 is 118. The first kappa shape index (κ1) is 16.0. The molecule has 1 atom stereocenters. The van der Waals surface area contributed by atoms with Crippen LogP contribution in [0, 0.1) is 0 Å². The SMILES string of the molecule is FC(F)(F)[SiH]1[SiH2]OCC[Si]1(C(F)(F)F)C(F)(F)F. The van der Waals surface area contributed by atoms with E-state index < -0.39 is 54.8 Å². The molecule has 1 nitrogen and oxygen atoms in total. The van der Waals surface area contributed by atoms with E-state index in [4.69, 9.17) is 0 Å². The van der Waals surface area contributed by atoms with Crippen molar-refractivity contribution in [2.24, 2.45) is 0 Å². The number of hydrogen-bond acceptors (Lipinski definition) is 1. The second-order valence-electron chi connectivity index (χ2n) is 3.89. The molecule has 1 aliphatic rings. The summed E-state index contributed by atoms with van der Waals surface area (Å²) >= 11 is 0. The predicted molar refractivity (Wildman–Crippen MR) is 50.4 cm³/mol. The predicted octanol–water partition coefficient (Wildman–Crippen LogP) is 1.66. The zero-order chi connectivity index (χ0) is 14.4. The lowest BCUT2D eigenvalue weighted by atomic mass is 10.9. The van der Waals surface area contributed by atoms with E-state index in [2.05, 4.69) is 4.43 Å². The second kappa shape index (κ2) is 4.52. The Hall–Kier alpha value is -0.0194. The number of alkyl halides is 9. The fraction of sp³-hybridized carbons (Fsp3) is 1.00. The minimum Gasteiger partial charge on any atom is -0.428 e. The van der Waals surface area contributed by atoms with Crippen LogP contribution in [-0.4, -0.2) is 48.7 Å². The molecular formula is C5H7F9OSi3. The summed E-state index contributed by atoms with van der Waals surface area (Å²) in [5.74, 6) is -17.0. The zero-order valence-electron chi connectivity index (χ0n) is 8.51. The molecule has 13 heteroatoms. The normalized spacial score (nSPS) is 27.5. The molecule has 108 valence electrons. The topological polar surface area (TPSA) is 9.23 Å². The molecule has 1 heterocycles. The molecule has 1 unspecified atom stereocenters. The Labute approximate surface area is 99.4 Å². The standard InChI is InChI=1S/C5H7F9OSi3/c6-3(7,8)17-16-15-1-2-18(17,4(9,10)11)5(12,13)14/h17H,1-2,16H2. The van der Waals surface area contributed by atoms with E-state index in [1.165, 1.54) is 0 Å². The monoisotopic (exact) mass is 338 g/mol. The lowest BCUT2D eigenvalue weighted by Gasteiger charge is -2.42. The van der Waals surface area contributed by atoms with Crippen LogP contribution in [0.4, 0.5) is 39.5 Å². The van der Waals surface area contributed by atoms with Gasteiger partial charge in [0.25, 0.3) is 0 Å². The van der Waals surface area contributed by atoms with E-state index in [1.807, 2.05) is 0 Å². The number of hydrogen-bond donors (Lipinski definition) is 0. The first-order valence-electron chi connectivity index (χ1n) is 4.62. The maximum absolute atomic E-state index is 12.7. The molecular weight excluding hydrogens is 331 g/mol. The van der Waals surface area contributed by atoms with Crippen molar-refractivity contribution in [1.82, 2.24) is 0 Å². The maximum atomic E-state index is 12.7. The van der Waals surface area contributed by atoms with Crippen LogP contribution in [0.15, 0.2) is 0 Å². The molecule has 18 heavy (non-hydrogen) atoms. The van der Waals surface area contributed by atoms with E-state index in [9.17, 15) is 39.5 Å². The van der Waals surface area contributed by atoms with Gasteiger partial charge in [0, 0.05) is 6.61 Å². The third kappa shape index (κ3) is 2.49. The summed E-state index contributed by atoms with van der Waals surface area (Å²) in [6.07, 6.45) is 0. The van der Waals surface area contributed by atoms with Crippen LogP contribution in [0.2, 0.25) is 6.04 Å². The van der Waals surface area contributed by atoms with Gasteiger partial charge in [-0.3, -0.25) is 0 Å². The van der Waals surface area contributed by atoms with Crippen molar-refractivity contribution in [3.05, 3.63) is 0 Å². The summed E-state index contributed by atoms with van der Waals surface area (Å²) in [7, 11) is -14.2. The maximum Gasteiger partial charge on any atom is 0.369 e. The molecule has 0 amide bonds. The third-order valence-electron chi connectivity index (χ3n) is 2.93. The smallest absolute Gasteiger partial charge is 0.369 e. The largest absolute Gasteiger partial charge is 0.428 e. The van der Waals surface area contributed by atoms with Gasteiger partial charge in [0.2, 0.25) is 0 Å². The Morgan fingerprint density at radius 1 is 0.889 bits per heavy atom. The van der Waals surface area contributed by atoms with E-state index in [1.54, 1.807) is 0 Å². The van der Waals surface area contributed by atoms with E-state index in [-0.39, 0.29) is 0 Å². The van der Waals surface area contributed by atoms with Crippen LogP contribution >= 0.6 is 0 Å². The van der Waals surface area contributed by atoms with Gasteiger partial charge in [0.1, 0.15) is 0 Å². The highest BCUT2D eigenvalue weighted by Gasteiger charge is 2.82. The molecule has 0 saturated carbocycles. The van der Waals surface area contributed by atoms with Crippen molar-refractivity contribution in [3.63, 3.8) is 0 Å². The molecule has 0 spiro atoms. The van der Waals surface area contributed by atoms with Crippen LogP contribution in [0.3, 0.4) is 0 Å². The Bertz CT molecular complexity index is 293. The Balaban J connectivity index is 3.38. The summed E-state index contributed by atoms with van der Waals surface area (Å²) in [4.78, 5) is 0. The first-order chi connectivity index (χ1) is 7.84. The molecule has 0 radical (unpaired) electrons. The second-order valence-corrected chi connectivity index (χ2v) is 20.9. The highest BCUT2D eigenvalue weighted by atomic mass is 29.6. The minimum absolute atomic E-state index is 0.864. The lowest BCUT2D eigenvalue weighted by Crippen LogP contribution is -2.79. The van der Waals surface area contributed by atoms with Crippen molar-refractivity contribution in [1.29, 1.82) is 0 Å². The highest BCUT2D eigenvalue weighted by Crippen LogP contribution is 2.49. The van der Waals surface area contributed by atoms with Crippen molar-refractivity contribution in [2.75, 3.05) is 6.61 Å². The summed E-state index contributed by atoms with van der Waals surface area (Å²) in [6, 6.07) is -1.55. The van der Waals surface area contributed by atoms with Gasteiger partial charge >= 0.3 is 25.0 Å². The van der Waals surface area contributed by atoms with Crippen LogP contribution < -0.4 is 0 Å². The zero-order valence-corrected chi connectivity index (χ0v) is 12.1. The van der Waals surface area contributed by atoms with Crippen molar-refractivity contribution in [3.8, 4) is 0 Å². The molecule has 0 aliphatic carbocycles. The van der Waals surface area contributed by atoms with Crippen LogP contribution in [-0.2, 0) is 4.43 Å². The van der Waals surface area contributed by atoms with E-state index >= 15 is 0 Å². The number of rotatable bonds is 0. The summed E-state index contributed by atoms with van der Waals surface area (Å²) in [6.45, 7) is -0.864. The first-order valence-corrected chi connectivity index (χ1v) is 13.1. The molecule has 1 rings (SSSR count). The highest BCUT2D eigenvalue weighted by molar-refractivity contribution is 7.53. The molecule has 0 aromatic carbocycles. The fourth-order valence-corrected chi connectivity index (χ4v) is 24.0. The molecule has 1 aliphatic heterocycles. The Kier molecular flexibility index (Phi) is 4.03. The average Bonchev–Trinajstić information content (AvgIpc) is 2.12. The average molecular weight is 338 g/mol. The van der Waals surface area contributed by atoms with Gasteiger partial charge in [-0.25, -0.2) is 0 Å². The molecule has 0 N–H and O–H groups in total. The third-order valence-corrected chi connectivity index (χ3v) is 27.0. The summed E-state index contributed by atoms with van der Waals surface area (Å²) in [5, 5.41) is 0. The van der Waals surface area contributed by atoms with Gasteiger partial charge in [-0.1, -0.05) is 0 Å². The van der Waals surface area contributed by atoms with Gasteiger partial charge in [0.05, 0.1) is 0 Å². The molecule has 0 aromatic rings. The quantitative estimate of drug-likeness (QED) is 0.482.